The second-order valence-corrected chi connectivity index (χ2v) is 18.3. The van der Waals surface area contributed by atoms with E-state index in [0.29, 0.717) is 42.2 Å². The Morgan fingerprint density at radius 3 is 2.53 bits per heavy atom. The van der Waals surface area contributed by atoms with Crippen molar-refractivity contribution in [2.75, 3.05) is 13.2 Å². The van der Waals surface area contributed by atoms with Crippen molar-refractivity contribution in [1.29, 1.82) is 0 Å². The molecule has 3 N–H and O–H groups in total. The van der Waals surface area contributed by atoms with Crippen molar-refractivity contribution in [2.24, 2.45) is 5.92 Å². The van der Waals surface area contributed by atoms with Gasteiger partial charge in [0, 0.05) is 29.7 Å². The molecule has 312 valence electrons. The number of nitro groups is 1. The second kappa shape index (κ2) is 16.8. The number of aliphatic hydroxyl groups excluding tert-OH is 1. The van der Waals surface area contributed by atoms with E-state index in [1.54, 1.807) is 24.4 Å². The number of likely N-dealkylation sites (tertiary alicyclic amines) is 1. The first kappa shape index (κ1) is 39.9. The molecule has 1 saturated heterocycles. The first-order valence-electron chi connectivity index (χ1n) is 21.0. The van der Waals surface area contributed by atoms with Crippen LogP contribution >= 0.6 is 0 Å². The smallest absolute Gasteiger partial charge is 0.312 e. The van der Waals surface area contributed by atoms with Gasteiger partial charge in [0.15, 0.2) is 5.75 Å². The van der Waals surface area contributed by atoms with Crippen molar-refractivity contribution in [3.05, 3.63) is 124 Å². The van der Waals surface area contributed by atoms with Gasteiger partial charge in [-0.05, 0) is 148 Å². The number of amides is 1. The van der Waals surface area contributed by atoms with E-state index in [2.05, 4.69) is 49.9 Å². The van der Waals surface area contributed by atoms with Crippen LogP contribution in [0, 0.1) is 16.0 Å². The van der Waals surface area contributed by atoms with E-state index < -0.39 is 31.4 Å². The number of hydrogen-bond acceptors (Lipinski definition) is 10. The number of ether oxygens (including phenoxy) is 2. The number of carbonyl (C=O) groups is 1. The topological polar surface area (TPSA) is 177 Å². The molecule has 0 spiro atoms. The molecule has 13 nitrogen and oxygen atoms in total. The highest BCUT2D eigenvalue weighted by atomic mass is 32.2. The largest absolute Gasteiger partial charge is 0.487 e. The van der Waals surface area contributed by atoms with E-state index in [1.807, 2.05) is 12.1 Å². The van der Waals surface area contributed by atoms with Gasteiger partial charge in [0.2, 0.25) is 0 Å². The molecule has 3 aromatic carbocycles. The molecule has 2 atom stereocenters. The number of aromatic nitrogens is 2. The fraction of sp³-hybridized carbons (Fsp3) is 0.391. The van der Waals surface area contributed by atoms with E-state index in [1.165, 1.54) is 55.1 Å². The Kier molecular flexibility index (Phi) is 11.2. The Hall–Kier alpha value is -5.57. The van der Waals surface area contributed by atoms with Crippen molar-refractivity contribution < 1.29 is 32.7 Å². The number of H-pyrrole nitrogens is 1. The molecule has 1 amide bonds. The number of carbonyl (C=O) groups excluding carboxylic acids is 1. The lowest BCUT2D eigenvalue weighted by atomic mass is 9.88. The number of nitro benzene ring substituents is 1. The number of rotatable bonds is 13. The van der Waals surface area contributed by atoms with E-state index in [9.17, 15) is 28.4 Å². The highest BCUT2D eigenvalue weighted by molar-refractivity contribution is 7.90. The summed E-state index contributed by atoms with van der Waals surface area (Å²) in [5.74, 6) is 0.285. The zero-order chi connectivity index (χ0) is 41.4. The predicted octanol–water partition coefficient (Wildman–Crippen LogP) is 8.96. The standard InChI is InChI=1S/C46H49N5O8S/c52-35-16-7-29(8-17-35)28-58-43-20-18-37(26-42(43)51(54)55)60(56,57)49-46(53)40-19-13-32(25-44(40)59-36-24-33-21-22-47-45(33)48-27-36)30-11-14-34(15-12-30)50-23-3-6-41(50)39-5-2-1-4-38(39)31-9-10-31/h1-2,4-5,11,13,18-22,24-27,29,31,34-35,41,52H,3,6-10,12,14-17,23,28H2,(H,47,48)(H,49,53)/t29?,34?,35?,41-/m1/s1. The molecule has 0 bridgehead atoms. The van der Waals surface area contributed by atoms with Crippen molar-refractivity contribution in [1.82, 2.24) is 19.6 Å². The van der Waals surface area contributed by atoms with Gasteiger partial charge in [-0.3, -0.25) is 19.8 Å². The van der Waals surface area contributed by atoms with E-state index in [4.69, 9.17) is 9.47 Å². The van der Waals surface area contributed by atoms with Crippen molar-refractivity contribution in [2.45, 2.75) is 99.6 Å². The molecule has 2 saturated carbocycles. The van der Waals surface area contributed by atoms with Crippen LogP contribution in [0.25, 0.3) is 16.6 Å². The quantitative estimate of drug-likeness (QED) is 0.0767. The summed E-state index contributed by atoms with van der Waals surface area (Å²) >= 11 is 0. The first-order chi connectivity index (χ1) is 29.1. The fourth-order valence-electron chi connectivity index (χ4n) is 9.30. The summed E-state index contributed by atoms with van der Waals surface area (Å²) in [4.78, 5) is 35.0. The van der Waals surface area contributed by atoms with Gasteiger partial charge in [0.1, 0.15) is 17.1 Å². The first-order valence-corrected chi connectivity index (χ1v) is 22.5. The number of pyridine rings is 1. The number of hydrogen-bond donors (Lipinski definition) is 3. The highest BCUT2D eigenvalue weighted by Gasteiger charge is 2.36. The lowest BCUT2D eigenvalue weighted by Crippen LogP contribution is -2.36. The zero-order valence-electron chi connectivity index (χ0n) is 33.3. The second-order valence-electron chi connectivity index (χ2n) is 16.7. The van der Waals surface area contributed by atoms with Crippen LogP contribution in [-0.2, 0) is 10.0 Å². The summed E-state index contributed by atoms with van der Waals surface area (Å²) in [5.41, 5.74) is 5.10. The molecule has 1 aliphatic heterocycles. The number of allylic oxidation sites excluding steroid dienone is 1. The number of benzene rings is 3. The third kappa shape index (κ3) is 8.54. The molecule has 9 rings (SSSR count). The molecule has 4 aliphatic rings. The summed E-state index contributed by atoms with van der Waals surface area (Å²) in [6.07, 6.45) is 15.6. The van der Waals surface area contributed by atoms with E-state index in [0.717, 1.165) is 61.2 Å². The van der Waals surface area contributed by atoms with Crippen LogP contribution in [0.4, 0.5) is 5.69 Å². The van der Waals surface area contributed by atoms with Crippen LogP contribution < -0.4 is 14.2 Å². The lowest BCUT2D eigenvalue weighted by Gasteiger charge is -2.36. The van der Waals surface area contributed by atoms with E-state index in [-0.39, 0.29) is 35.7 Å². The number of nitrogens with zero attached hydrogens (tertiary/aromatic N) is 3. The van der Waals surface area contributed by atoms with Gasteiger partial charge in [-0.2, -0.15) is 0 Å². The maximum Gasteiger partial charge on any atom is 0.312 e. The molecule has 14 heteroatoms. The SMILES string of the molecule is O=C(NS(=O)(=O)c1ccc(OCC2CCC(O)CC2)c([N+](=O)[O-])c1)c1ccc(C2=CCC(N3CCC[C@@H]3c3ccccc3C3CC3)CC2)cc1Oc1cnc2[nH]ccc2c1. The number of sulfonamides is 1. The number of nitrogens with one attached hydrogen (secondary N) is 2. The molecule has 3 fully saturated rings. The summed E-state index contributed by atoms with van der Waals surface area (Å²) in [6, 6.07) is 21.9. The lowest BCUT2D eigenvalue weighted by molar-refractivity contribution is -0.386. The minimum absolute atomic E-state index is 0.0351. The minimum Gasteiger partial charge on any atom is -0.487 e. The van der Waals surface area contributed by atoms with Crippen LogP contribution in [0.3, 0.4) is 0 Å². The molecule has 3 aliphatic carbocycles. The van der Waals surface area contributed by atoms with Crippen LogP contribution in [0.1, 0.15) is 110 Å². The van der Waals surface area contributed by atoms with Crippen LogP contribution in [0.5, 0.6) is 17.2 Å². The zero-order valence-corrected chi connectivity index (χ0v) is 34.1. The van der Waals surface area contributed by atoms with Crippen LogP contribution in [-0.4, -0.2) is 64.5 Å². The molecule has 2 aromatic heterocycles. The third-order valence-corrected chi connectivity index (χ3v) is 14.0. The van der Waals surface area contributed by atoms with Gasteiger partial charge >= 0.3 is 5.69 Å². The van der Waals surface area contributed by atoms with Gasteiger partial charge in [-0.15, -0.1) is 0 Å². The van der Waals surface area contributed by atoms with Crippen LogP contribution in [0.2, 0.25) is 0 Å². The number of aromatic amines is 1. The summed E-state index contributed by atoms with van der Waals surface area (Å²) in [5, 5.41) is 22.7. The fourth-order valence-corrected chi connectivity index (χ4v) is 10.3. The van der Waals surface area contributed by atoms with Gasteiger partial charge in [0.05, 0.1) is 34.3 Å². The number of aliphatic hydroxyl groups is 1. The summed E-state index contributed by atoms with van der Waals surface area (Å²) in [6.45, 7) is 1.29. The summed E-state index contributed by atoms with van der Waals surface area (Å²) < 4.78 is 41.5. The van der Waals surface area contributed by atoms with Crippen LogP contribution in [0.15, 0.2) is 96.2 Å². The van der Waals surface area contributed by atoms with E-state index >= 15 is 0 Å². The van der Waals surface area contributed by atoms with Crippen molar-refractivity contribution in [3.8, 4) is 17.2 Å². The molecular weight excluding hydrogens is 783 g/mol. The average Bonchev–Trinajstić information content (AvgIpc) is 3.79. The summed E-state index contributed by atoms with van der Waals surface area (Å²) in [7, 11) is -4.58. The predicted molar refractivity (Wildman–Crippen MR) is 227 cm³/mol. The van der Waals surface area contributed by atoms with Crippen molar-refractivity contribution >= 4 is 38.2 Å². The Labute approximate surface area is 349 Å². The third-order valence-electron chi connectivity index (χ3n) is 12.7. The van der Waals surface area contributed by atoms with Crippen molar-refractivity contribution in [3.63, 3.8) is 0 Å². The Balaban J connectivity index is 0.948. The number of fused-ring (bicyclic) bond motifs is 1. The minimum atomic E-state index is -4.58. The monoisotopic (exact) mass is 831 g/mol. The Morgan fingerprint density at radius 1 is 0.950 bits per heavy atom. The Morgan fingerprint density at radius 2 is 1.77 bits per heavy atom. The molecular formula is C46H49N5O8S. The van der Waals surface area contributed by atoms with Gasteiger partial charge in [0.25, 0.3) is 15.9 Å². The van der Waals surface area contributed by atoms with Gasteiger partial charge in [-0.25, -0.2) is 18.1 Å². The molecule has 0 radical (unpaired) electrons. The van der Waals surface area contributed by atoms with Gasteiger partial charge in [-0.1, -0.05) is 36.4 Å². The maximum absolute atomic E-state index is 13.9. The Bertz CT molecular complexity index is 2560. The van der Waals surface area contributed by atoms with Gasteiger partial charge < -0.3 is 19.6 Å². The average molecular weight is 832 g/mol. The molecule has 60 heavy (non-hydrogen) atoms. The maximum atomic E-state index is 13.9. The molecule has 5 aromatic rings. The highest BCUT2D eigenvalue weighted by Crippen LogP contribution is 2.47. The normalized spacial score (nSPS) is 22.3. The molecule has 1 unspecified atom stereocenters. The molecule has 3 heterocycles.